The molecule has 94 valence electrons. The fraction of sp³-hybridized carbons (Fsp3) is 0.909. The summed E-state index contributed by atoms with van der Waals surface area (Å²) in [4.78, 5) is 4.66. The Morgan fingerprint density at radius 1 is 1.69 bits per heavy atom. The van der Waals surface area contributed by atoms with Crippen LogP contribution in [-0.4, -0.2) is 39.2 Å². The predicted octanol–water partition coefficient (Wildman–Crippen LogP) is 2.00. The summed E-state index contributed by atoms with van der Waals surface area (Å²) in [5.41, 5.74) is 0. The molecule has 0 aromatic heterocycles. The molecule has 0 saturated carbocycles. The molecule has 1 aliphatic heterocycles. The van der Waals surface area contributed by atoms with Crippen LogP contribution in [0.5, 0.6) is 0 Å². The Morgan fingerprint density at radius 3 is 3.06 bits per heavy atom. The van der Waals surface area contributed by atoms with Gasteiger partial charge in [-0.25, -0.2) is 0 Å². The fourth-order valence-electron chi connectivity index (χ4n) is 1.56. The first-order chi connectivity index (χ1) is 7.61. The number of amidine groups is 1. The quantitative estimate of drug-likeness (QED) is 0.824. The van der Waals surface area contributed by atoms with Crippen molar-refractivity contribution in [2.75, 3.05) is 17.8 Å². The summed E-state index contributed by atoms with van der Waals surface area (Å²) in [5, 5.41) is 4.49. The molecular formula is C11H22N2OS2. The van der Waals surface area contributed by atoms with Crippen molar-refractivity contribution in [2.45, 2.75) is 45.2 Å². The molecule has 0 aromatic carbocycles. The van der Waals surface area contributed by atoms with E-state index in [2.05, 4.69) is 24.2 Å². The average Bonchev–Trinajstić information content (AvgIpc) is 2.26. The Hall–Kier alpha value is -0.0300. The number of nitrogens with zero attached hydrogens (tertiary/aromatic N) is 1. The van der Waals surface area contributed by atoms with Crippen LogP contribution in [0.2, 0.25) is 0 Å². The lowest BCUT2D eigenvalue weighted by Gasteiger charge is -2.22. The Balaban J connectivity index is 2.35. The van der Waals surface area contributed by atoms with Gasteiger partial charge in [-0.05, 0) is 26.2 Å². The smallest absolute Gasteiger partial charge is 0.157 e. The van der Waals surface area contributed by atoms with Crippen LogP contribution >= 0.6 is 11.8 Å². The highest BCUT2D eigenvalue weighted by molar-refractivity contribution is 8.13. The normalized spacial score (nSPS) is 24.7. The maximum absolute atomic E-state index is 11.0. The number of rotatable bonds is 5. The maximum Gasteiger partial charge on any atom is 0.157 e. The van der Waals surface area contributed by atoms with Gasteiger partial charge in [0.2, 0.25) is 0 Å². The lowest BCUT2D eigenvalue weighted by atomic mass is 10.2. The Bertz CT molecular complexity index is 269. The summed E-state index contributed by atoms with van der Waals surface area (Å²) in [7, 11) is -0.688. The van der Waals surface area contributed by atoms with Gasteiger partial charge in [0.25, 0.3) is 0 Å². The summed E-state index contributed by atoms with van der Waals surface area (Å²) in [6, 6.07) is 0.863. The Morgan fingerprint density at radius 2 is 2.44 bits per heavy atom. The van der Waals surface area contributed by atoms with E-state index in [9.17, 15) is 4.21 Å². The molecule has 0 bridgehead atoms. The number of nitrogens with one attached hydrogen (secondary N) is 1. The molecule has 0 aromatic rings. The Labute approximate surface area is 105 Å². The molecule has 3 unspecified atom stereocenters. The second-order valence-corrected chi connectivity index (χ2v) is 6.88. The minimum atomic E-state index is -0.688. The topological polar surface area (TPSA) is 41.5 Å². The zero-order valence-corrected chi connectivity index (χ0v) is 12.0. The lowest BCUT2D eigenvalue weighted by molar-refractivity contribution is 0.607. The first-order valence-corrected chi connectivity index (χ1v) is 8.60. The molecule has 0 saturated heterocycles. The van der Waals surface area contributed by atoms with E-state index < -0.39 is 10.8 Å². The largest absolute Gasteiger partial charge is 0.362 e. The third-order valence-electron chi connectivity index (χ3n) is 2.67. The number of hydrogen-bond acceptors (Lipinski definition) is 4. The van der Waals surface area contributed by atoms with Crippen molar-refractivity contribution in [1.82, 2.24) is 5.32 Å². The van der Waals surface area contributed by atoms with Crippen molar-refractivity contribution in [2.24, 2.45) is 4.99 Å². The van der Waals surface area contributed by atoms with Gasteiger partial charge >= 0.3 is 0 Å². The molecule has 0 amide bonds. The molecule has 0 aliphatic carbocycles. The van der Waals surface area contributed by atoms with Crippen LogP contribution in [0.1, 0.15) is 33.1 Å². The molecule has 3 nitrogen and oxygen atoms in total. The van der Waals surface area contributed by atoms with E-state index in [-0.39, 0.29) is 0 Å². The molecule has 5 heteroatoms. The number of hydrogen-bond donors (Lipinski definition) is 1. The predicted molar refractivity (Wildman–Crippen MR) is 74.7 cm³/mol. The molecule has 1 N–H and O–H groups in total. The summed E-state index contributed by atoms with van der Waals surface area (Å²) in [6.07, 6.45) is 5.02. The molecule has 1 rings (SSSR count). The molecule has 0 fully saturated rings. The molecule has 3 atom stereocenters. The van der Waals surface area contributed by atoms with Gasteiger partial charge in [-0.3, -0.25) is 9.20 Å². The monoisotopic (exact) mass is 262 g/mol. The van der Waals surface area contributed by atoms with E-state index in [1.54, 1.807) is 6.26 Å². The van der Waals surface area contributed by atoms with Crippen LogP contribution in [0.25, 0.3) is 0 Å². The highest BCUT2D eigenvalue weighted by atomic mass is 32.2. The summed E-state index contributed by atoms with van der Waals surface area (Å²) < 4.78 is 11.0. The van der Waals surface area contributed by atoms with Gasteiger partial charge in [0, 0.05) is 34.6 Å². The number of thioether (sulfide) groups is 1. The molecule has 16 heavy (non-hydrogen) atoms. The minimum Gasteiger partial charge on any atom is -0.362 e. The second-order valence-electron chi connectivity index (χ2n) is 4.24. The molecular weight excluding hydrogens is 240 g/mol. The van der Waals surface area contributed by atoms with Gasteiger partial charge in [0.1, 0.15) is 0 Å². The maximum atomic E-state index is 11.0. The van der Waals surface area contributed by atoms with Crippen molar-refractivity contribution in [1.29, 1.82) is 0 Å². The third-order valence-corrected chi connectivity index (χ3v) is 4.42. The van der Waals surface area contributed by atoms with Gasteiger partial charge in [0.15, 0.2) is 5.17 Å². The van der Waals surface area contributed by atoms with Gasteiger partial charge in [-0.2, -0.15) is 0 Å². The van der Waals surface area contributed by atoms with Crippen molar-refractivity contribution in [3.8, 4) is 0 Å². The van der Waals surface area contributed by atoms with Crippen LogP contribution in [0.3, 0.4) is 0 Å². The van der Waals surface area contributed by atoms with Crippen molar-refractivity contribution in [3.05, 3.63) is 0 Å². The van der Waals surface area contributed by atoms with E-state index >= 15 is 0 Å². The average molecular weight is 262 g/mol. The summed E-state index contributed by atoms with van der Waals surface area (Å²) >= 11 is 1.81. The van der Waals surface area contributed by atoms with Crippen molar-refractivity contribution < 1.29 is 4.21 Å². The first-order valence-electron chi connectivity index (χ1n) is 5.89. The van der Waals surface area contributed by atoms with Crippen LogP contribution in [0.15, 0.2) is 4.99 Å². The molecule has 0 spiro atoms. The number of aliphatic imine (C=N–C) groups is 1. The third kappa shape index (κ3) is 5.34. The fourth-order valence-corrected chi connectivity index (χ4v) is 3.34. The van der Waals surface area contributed by atoms with E-state index in [1.165, 1.54) is 6.42 Å². The zero-order valence-electron chi connectivity index (χ0n) is 10.4. The van der Waals surface area contributed by atoms with E-state index in [0.29, 0.717) is 12.1 Å². The highest BCUT2D eigenvalue weighted by Gasteiger charge is 2.15. The van der Waals surface area contributed by atoms with Crippen LogP contribution < -0.4 is 5.32 Å². The standard InChI is InChI=1S/C11H22N2OS2/c1-4-10-5-7-15-11(13-10)12-9(2)6-8-16(3)14/h9-10H,4-8H2,1-3H3,(H,12,13). The second kappa shape index (κ2) is 7.33. The Kier molecular flexibility index (Phi) is 6.43. The van der Waals surface area contributed by atoms with E-state index in [4.69, 9.17) is 0 Å². The first kappa shape index (κ1) is 14.0. The molecule has 0 radical (unpaired) electrons. The van der Waals surface area contributed by atoms with Crippen LogP contribution in [-0.2, 0) is 10.8 Å². The van der Waals surface area contributed by atoms with E-state index in [0.717, 1.165) is 29.5 Å². The lowest BCUT2D eigenvalue weighted by Crippen LogP contribution is -2.34. The highest BCUT2D eigenvalue weighted by Crippen LogP contribution is 2.18. The van der Waals surface area contributed by atoms with Gasteiger partial charge < -0.3 is 5.32 Å². The van der Waals surface area contributed by atoms with E-state index in [1.807, 2.05) is 11.8 Å². The van der Waals surface area contributed by atoms with Crippen LogP contribution in [0.4, 0.5) is 0 Å². The molecule has 1 aliphatic rings. The zero-order chi connectivity index (χ0) is 12.0. The van der Waals surface area contributed by atoms with Crippen molar-refractivity contribution in [3.63, 3.8) is 0 Å². The van der Waals surface area contributed by atoms with Gasteiger partial charge in [-0.15, -0.1) is 0 Å². The van der Waals surface area contributed by atoms with Gasteiger partial charge in [0.05, 0.1) is 6.04 Å². The van der Waals surface area contributed by atoms with Gasteiger partial charge in [-0.1, -0.05) is 18.7 Å². The summed E-state index contributed by atoms with van der Waals surface area (Å²) in [6.45, 7) is 4.32. The van der Waals surface area contributed by atoms with Crippen molar-refractivity contribution >= 4 is 27.7 Å². The SMILES string of the molecule is CCC1CCSC(NC(C)CCS(C)=O)=N1. The van der Waals surface area contributed by atoms with Crippen LogP contribution in [0, 0.1) is 0 Å². The summed E-state index contributed by atoms with van der Waals surface area (Å²) in [5.74, 6) is 1.93. The molecule has 1 heterocycles. The minimum absolute atomic E-state index is 0.366.